The molecule has 7 rings (SSSR count). The highest BCUT2D eigenvalue weighted by molar-refractivity contribution is 6.01. The Kier molecular flexibility index (Phi) is 4.94. The summed E-state index contributed by atoms with van der Waals surface area (Å²) in [7, 11) is 0. The molecule has 2 heteroatoms. The molecular weight excluding hydrogens is 436 g/mol. The number of hydrogen-bond acceptors (Lipinski definition) is 1. The average molecular weight is 470 g/mol. The molecule has 2 aliphatic carbocycles. The van der Waals surface area contributed by atoms with E-state index in [1.807, 2.05) is 0 Å². The van der Waals surface area contributed by atoms with Crippen LogP contribution in [0.1, 0.15) is 42.0 Å². The van der Waals surface area contributed by atoms with Crippen LogP contribution >= 0.6 is 0 Å². The first-order valence-corrected chi connectivity index (χ1v) is 13.3. The minimum Gasteiger partial charge on any atom is -0.354 e. The molecule has 0 aromatic heterocycles. The minimum atomic E-state index is 0.331. The number of allylic oxidation sites excluding steroid dienone is 4. The highest BCUT2D eigenvalue weighted by Crippen LogP contribution is 2.50. The van der Waals surface area contributed by atoms with Crippen LogP contribution in [0.15, 0.2) is 102 Å². The molecule has 3 unspecified atom stereocenters. The van der Waals surface area contributed by atoms with Gasteiger partial charge in [0.05, 0.1) is 17.2 Å². The molecule has 0 saturated heterocycles. The van der Waals surface area contributed by atoms with Crippen LogP contribution in [0.2, 0.25) is 0 Å². The van der Waals surface area contributed by atoms with E-state index in [0.29, 0.717) is 17.9 Å². The third-order valence-corrected chi connectivity index (χ3v) is 8.51. The molecule has 0 radical (unpaired) electrons. The lowest BCUT2D eigenvalue weighted by Crippen LogP contribution is -3.08. The summed E-state index contributed by atoms with van der Waals surface area (Å²) < 4.78 is 0. The van der Waals surface area contributed by atoms with E-state index < -0.39 is 0 Å². The van der Waals surface area contributed by atoms with Gasteiger partial charge in [0.25, 0.3) is 0 Å². The van der Waals surface area contributed by atoms with Crippen LogP contribution in [-0.4, -0.2) is 6.04 Å². The Bertz CT molecular complexity index is 1520. The van der Waals surface area contributed by atoms with Gasteiger partial charge >= 0.3 is 0 Å². The average Bonchev–Trinajstić information content (AvgIpc) is 2.99. The standard InChI is InChI=1S/C34H32N2/c1-21-9-8-12-25(19-21)36-33-27-13-6-7-14-29(27)35-30-20-22(2)15-17-26(30)32(33)28-18-16-24-11-5-4-10-23(3)31(24)34(28)36/h4,6-10,12-20,23,28,34-35H,5,11H2,1-3H3/p+1/t23-,28?,34?/m0/s1. The van der Waals surface area contributed by atoms with Crippen molar-refractivity contribution in [3.05, 3.63) is 124 Å². The van der Waals surface area contributed by atoms with Crippen molar-refractivity contribution in [1.29, 1.82) is 0 Å². The number of rotatable bonds is 1. The summed E-state index contributed by atoms with van der Waals surface area (Å²) in [5, 5.41) is 3.82. The second-order valence-electron chi connectivity index (χ2n) is 10.9. The lowest BCUT2D eigenvalue weighted by Gasteiger charge is -2.34. The summed E-state index contributed by atoms with van der Waals surface area (Å²) in [5.41, 5.74) is 15.1. The molecule has 3 aromatic carbocycles. The first-order chi connectivity index (χ1) is 17.6. The van der Waals surface area contributed by atoms with Crippen molar-refractivity contribution < 1.29 is 4.90 Å². The lowest BCUT2D eigenvalue weighted by molar-refractivity contribution is -0.773. The van der Waals surface area contributed by atoms with Crippen molar-refractivity contribution >= 4 is 28.3 Å². The smallest absolute Gasteiger partial charge is 0.150 e. The Labute approximate surface area is 214 Å². The number of para-hydroxylation sites is 1. The molecule has 0 spiro atoms. The number of nitrogens with one attached hydrogen (secondary N) is 2. The maximum Gasteiger partial charge on any atom is 0.150 e. The quantitative estimate of drug-likeness (QED) is 0.358. The van der Waals surface area contributed by atoms with E-state index >= 15 is 0 Å². The van der Waals surface area contributed by atoms with Crippen LogP contribution in [0, 0.1) is 25.7 Å². The zero-order valence-electron chi connectivity index (χ0n) is 21.3. The van der Waals surface area contributed by atoms with Gasteiger partial charge in [0.2, 0.25) is 0 Å². The fourth-order valence-corrected chi connectivity index (χ4v) is 7.02. The normalized spacial score (nSPS) is 25.8. The van der Waals surface area contributed by atoms with Crippen LogP contribution in [0.25, 0.3) is 11.3 Å². The Morgan fingerprint density at radius 3 is 2.58 bits per heavy atom. The number of fused-ring (bicyclic) bond motifs is 7. The highest BCUT2D eigenvalue weighted by Gasteiger charge is 2.52. The van der Waals surface area contributed by atoms with Gasteiger partial charge in [-0.1, -0.05) is 67.6 Å². The largest absolute Gasteiger partial charge is 0.354 e. The summed E-state index contributed by atoms with van der Waals surface area (Å²) in [5.74, 6) is 0.770. The minimum absolute atomic E-state index is 0.331. The molecule has 0 fully saturated rings. The molecule has 2 aliphatic heterocycles. The van der Waals surface area contributed by atoms with Crippen molar-refractivity contribution in [1.82, 2.24) is 0 Å². The summed E-state index contributed by atoms with van der Waals surface area (Å²) in [4.78, 5) is 1.50. The van der Waals surface area contributed by atoms with E-state index in [4.69, 9.17) is 0 Å². The Balaban J connectivity index is 1.57. The van der Waals surface area contributed by atoms with Gasteiger partial charge in [0.1, 0.15) is 11.7 Å². The monoisotopic (exact) mass is 469 g/mol. The number of benzene rings is 3. The van der Waals surface area contributed by atoms with Gasteiger partial charge in [-0.15, -0.1) is 0 Å². The number of aryl methyl sites for hydroxylation is 2. The molecule has 2 heterocycles. The van der Waals surface area contributed by atoms with E-state index in [1.54, 1.807) is 11.1 Å². The molecule has 2 nitrogen and oxygen atoms in total. The summed E-state index contributed by atoms with van der Waals surface area (Å²) in [6.07, 6.45) is 12.1. The van der Waals surface area contributed by atoms with Gasteiger partial charge in [-0.2, -0.15) is 0 Å². The molecule has 2 N–H and O–H groups in total. The molecule has 0 amide bonds. The van der Waals surface area contributed by atoms with Gasteiger partial charge in [0, 0.05) is 28.8 Å². The van der Waals surface area contributed by atoms with Crippen LogP contribution < -0.4 is 10.2 Å². The van der Waals surface area contributed by atoms with E-state index in [9.17, 15) is 0 Å². The summed E-state index contributed by atoms with van der Waals surface area (Å²) in [6.45, 7) is 6.81. The lowest BCUT2D eigenvalue weighted by atomic mass is 9.75. The Morgan fingerprint density at radius 2 is 1.69 bits per heavy atom. The molecule has 0 saturated carbocycles. The van der Waals surface area contributed by atoms with Crippen molar-refractivity contribution in [2.24, 2.45) is 11.8 Å². The van der Waals surface area contributed by atoms with E-state index in [0.717, 1.165) is 12.8 Å². The summed E-state index contributed by atoms with van der Waals surface area (Å²) in [6, 6.07) is 25.4. The predicted molar refractivity (Wildman–Crippen MR) is 151 cm³/mol. The van der Waals surface area contributed by atoms with Crippen LogP contribution in [0.5, 0.6) is 0 Å². The SMILES string of the molecule is Cc1cccc([NH+]2C3=C(c4ccc(C)cc4Nc4ccccc43)C3C=CC4=C(C32)[C@@H](C)C=CCC4)c1. The van der Waals surface area contributed by atoms with Gasteiger partial charge in [-0.05, 0) is 73.2 Å². The maximum atomic E-state index is 3.82. The van der Waals surface area contributed by atoms with Crippen molar-refractivity contribution in [2.45, 2.75) is 39.7 Å². The fraction of sp³-hybridized carbons (Fsp3) is 0.235. The Morgan fingerprint density at radius 1 is 0.833 bits per heavy atom. The van der Waals surface area contributed by atoms with E-state index in [2.05, 4.69) is 117 Å². The molecule has 178 valence electrons. The molecule has 4 aliphatic rings. The van der Waals surface area contributed by atoms with Crippen LogP contribution in [0.4, 0.5) is 17.1 Å². The van der Waals surface area contributed by atoms with Gasteiger partial charge in [-0.25, -0.2) is 0 Å². The molecule has 0 bridgehead atoms. The molecule has 4 atom stereocenters. The van der Waals surface area contributed by atoms with E-state index in [-0.39, 0.29) is 0 Å². The molecular formula is C34H33N2+. The first kappa shape index (κ1) is 21.6. The second kappa shape index (κ2) is 8.21. The zero-order valence-corrected chi connectivity index (χ0v) is 21.3. The Hall–Kier alpha value is -3.62. The van der Waals surface area contributed by atoms with Crippen molar-refractivity contribution in [2.75, 3.05) is 5.32 Å². The second-order valence-corrected chi connectivity index (χ2v) is 10.9. The zero-order chi connectivity index (χ0) is 24.4. The molecule has 3 aromatic rings. The first-order valence-electron chi connectivity index (χ1n) is 13.3. The number of hydrogen-bond donors (Lipinski definition) is 2. The van der Waals surface area contributed by atoms with Crippen molar-refractivity contribution in [3.63, 3.8) is 0 Å². The highest BCUT2D eigenvalue weighted by atomic mass is 15.2. The number of quaternary nitrogens is 1. The summed E-state index contributed by atoms with van der Waals surface area (Å²) >= 11 is 0. The fourth-order valence-electron chi connectivity index (χ4n) is 7.02. The third-order valence-electron chi connectivity index (χ3n) is 8.51. The molecule has 36 heavy (non-hydrogen) atoms. The topological polar surface area (TPSA) is 16.5 Å². The van der Waals surface area contributed by atoms with E-state index in [1.165, 1.54) is 55.5 Å². The van der Waals surface area contributed by atoms with Gasteiger partial charge in [-0.3, -0.25) is 4.90 Å². The predicted octanol–water partition coefficient (Wildman–Crippen LogP) is 7.30. The van der Waals surface area contributed by atoms with Gasteiger partial charge < -0.3 is 5.32 Å². The maximum absolute atomic E-state index is 3.82. The van der Waals surface area contributed by atoms with Crippen LogP contribution in [0.3, 0.4) is 0 Å². The van der Waals surface area contributed by atoms with Crippen LogP contribution in [-0.2, 0) is 0 Å². The van der Waals surface area contributed by atoms with Gasteiger partial charge in [0.15, 0.2) is 5.70 Å². The van der Waals surface area contributed by atoms with Crippen molar-refractivity contribution in [3.8, 4) is 0 Å². The number of anilines is 2. The third kappa shape index (κ3) is 3.21.